The van der Waals surface area contributed by atoms with Gasteiger partial charge in [-0.15, -0.1) is 0 Å². The van der Waals surface area contributed by atoms with Crippen molar-refractivity contribution in [3.8, 4) is 0 Å². The molecule has 0 spiro atoms. The van der Waals surface area contributed by atoms with Crippen LogP contribution in [-0.4, -0.2) is 88.8 Å². The van der Waals surface area contributed by atoms with Gasteiger partial charge >= 0.3 is 0 Å². The minimum absolute atomic E-state index is 0.106. The minimum atomic E-state index is -4.01. The third kappa shape index (κ3) is 14.1. The Hall–Kier alpha value is -0.300. The lowest BCUT2D eigenvalue weighted by atomic mass is 10.4. The summed E-state index contributed by atoms with van der Waals surface area (Å²) >= 11 is 0. The largest absolute Gasteiger partial charge is 0.383 e. The van der Waals surface area contributed by atoms with E-state index in [0.717, 1.165) is 0 Å². The predicted octanol–water partition coefficient (Wildman–Crippen LogP) is -1.70. The molecule has 20 heavy (non-hydrogen) atoms. The standard InChI is InChI=1S/C9H22N2O7S2/c1-18-7-5-11(6-9-20(15,16)17)4-2-10-3-8-19(12,13)14/h10H,2-9H2,1H3,(H,12,13,14)(H,15,16,17). The van der Waals surface area contributed by atoms with Crippen LogP contribution in [0.25, 0.3) is 0 Å². The molecule has 0 fully saturated rings. The molecule has 0 aliphatic heterocycles. The number of hydrogen-bond acceptors (Lipinski definition) is 7. The van der Waals surface area contributed by atoms with Gasteiger partial charge in [0.05, 0.1) is 18.1 Å². The Labute approximate surface area is 119 Å². The van der Waals surface area contributed by atoms with Crippen LogP contribution in [0, 0.1) is 0 Å². The molecule has 0 heterocycles. The van der Waals surface area contributed by atoms with Gasteiger partial charge in [-0.05, 0) is 0 Å². The van der Waals surface area contributed by atoms with Crippen molar-refractivity contribution in [1.82, 2.24) is 10.2 Å². The number of rotatable bonds is 12. The molecule has 0 radical (unpaired) electrons. The molecule has 0 amide bonds. The molecule has 0 bridgehead atoms. The summed E-state index contributed by atoms with van der Waals surface area (Å²) in [7, 11) is -6.47. The van der Waals surface area contributed by atoms with Crippen molar-refractivity contribution in [2.75, 3.05) is 57.9 Å². The molecule has 122 valence electrons. The molecule has 11 heteroatoms. The Balaban J connectivity index is 3.97. The molecule has 0 rings (SSSR count). The topological polar surface area (TPSA) is 133 Å². The van der Waals surface area contributed by atoms with Crippen LogP contribution in [0.2, 0.25) is 0 Å². The van der Waals surface area contributed by atoms with E-state index in [9.17, 15) is 16.8 Å². The zero-order chi connectivity index (χ0) is 15.6. The molecule has 0 saturated carbocycles. The number of ether oxygens (including phenoxy) is 1. The molecule has 0 aromatic rings. The van der Waals surface area contributed by atoms with Gasteiger partial charge in [-0.25, -0.2) is 0 Å². The van der Waals surface area contributed by atoms with Gasteiger partial charge in [0, 0.05) is 39.8 Å². The van der Waals surface area contributed by atoms with Crippen molar-refractivity contribution >= 4 is 20.2 Å². The molecular formula is C9H22N2O7S2. The summed E-state index contributed by atoms with van der Waals surface area (Å²) < 4.78 is 64.4. The van der Waals surface area contributed by atoms with Gasteiger partial charge in [-0.1, -0.05) is 0 Å². The van der Waals surface area contributed by atoms with E-state index in [0.29, 0.717) is 26.2 Å². The first-order chi connectivity index (χ1) is 9.14. The molecule has 9 nitrogen and oxygen atoms in total. The fourth-order valence-corrected chi connectivity index (χ4v) is 2.25. The van der Waals surface area contributed by atoms with E-state index in [1.54, 1.807) is 4.90 Å². The Morgan fingerprint density at radius 2 is 1.55 bits per heavy atom. The number of hydrogen-bond donors (Lipinski definition) is 3. The fraction of sp³-hybridized carbons (Fsp3) is 1.00. The second-order valence-electron chi connectivity index (χ2n) is 4.16. The molecule has 0 aliphatic rings. The number of methoxy groups -OCH3 is 1. The maximum atomic E-state index is 10.7. The summed E-state index contributed by atoms with van der Waals surface area (Å²) in [5.41, 5.74) is 0. The summed E-state index contributed by atoms with van der Waals surface area (Å²) in [5, 5.41) is 2.81. The van der Waals surface area contributed by atoms with Gasteiger partial charge in [0.2, 0.25) is 0 Å². The first-order valence-electron chi connectivity index (χ1n) is 5.96. The maximum Gasteiger partial charge on any atom is 0.266 e. The third-order valence-corrected chi connectivity index (χ3v) is 3.84. The summed E-state index contributed by atoms with van der Waals surface area (Å²) in [6, 6.07) is 0. The highest BCUT2D eigenvalue weighted by molar-refractivity contribution is 7.86. The lowest BCUT2D eigenvalue weighted by Gasteiger charge is -2.21. The van der Waals surface area contributed by atoms with Gasteiger partial charge in [0.15, 0.2) is 0 Å². The normalized spacial score (nSPS) is 13.0. The Morgan fingerprint density at radius 3 is 2.05 bits per heavy atom. The first-order valence-corrected chi connectivity index (χ1v) is 9.18. The van der Waals surface area contributed by atoms with E-state index in [2.05, 4.69) is 5.32 Å². The average molecular weight is 334 g/mol. The molecule has 0 aromatic heterocycles. The Morgan fingerprint density at radius 1 is 0.950 bits per heavy atom. The van der Waals surface area contributed by atoms with Crippen molar-refractivity contribution in [1.29, 1.82) is 0 Å². The van der Waals surface area contributed by atoms with Crippen LogP contribution < -0.4 is 5.32 Å². The summed E-state index contributed by atoms with van der Waals surface area (Å²) in [4.78, 5) is 1.76. The highest BCUT2D eigenvalue weighted by Crippen LogP contribution is 1.91. The number of nitrogens with zero attached hydrogens (tertiary/aromatic N) is 1. The zero-order valence-corrected chi connectivity index (χ0v) is 13.0. The minimum Gasteiger partial charge on any atom is -0.383 e. The van der Waals surface area contributed by atoms with Crippen LogP contribution in [0.3, 0.4) is 0 Å². The van der Waals surface area contributed by atoms with Crippen LogP contribution in [0.4, 0.5) is 0 Å². The molecule has 0 saturated heterocycles. The van der Waals surface area contributed by atoms with E-state index in [-0.39, 0.29) is 24.6 Å². The lowest BCUT2D eigenvalue weighted by Crippen LogP contribution is -2.38. The highest BCUT2D eigenvalue weighted by atomic mass is 32.2. The second kappa shape index (κ2) is 9.60. The summed E-state index contributed by atoms with van der Waals surface area (Å²) in [6.07, 6.45) is 0. The predicted molar refractivity (Wildman–Crippen MR) is 74.0 cm³/mol. The van der Waals surface area contributed by atoms with Crippen LogP contribution in [0.5, 0.6) is 0 Å². The van der Waals surface area contributed by atoms with Gasteiger partial charge in [0.1, 0.15) is 0 Å². The maximum absolute atomic E-state index is 10.7. The Kier molecular flexibility index (Phi) is 9.46. The lowest BCUT2D eigenvalue weighted by molar-refractivity contribution is 0.151. The van der Waals surface area contributed by atoms with Crippen molar-refractivity contribution < 1.29 is 30.7 Å². The SMILES string of the molecule is COCCN(CCNCCS(=O)(=O)O)CCS(=O)(=O)O. The molecule has 3 N–H and O–H groups in total. The van der Waals surface area contributed by atoms with Gasteiger partial charge in [0.25, 0.3) is 20.2 Å². The van der Waals surface area contributed by atoms with Crippen molar-refractivity contribution in [2.45, 2.75) is 0 Å². The second-order valence-corrected chi connectivity index (χ2v) is 7.30. The van der Waals surface area contributed by atoms with Gasteiger partial charge in [-0.3, -0.25) is 14.0 Å². The molecule has 0 aliphatic carbocycles. The third-order valence-electron chi connectivity index (χ3n) is 2.42. The fourth-order valence-electron chi connectivity index (χ4n) is 1.36. The van der Waals surface area contributed by atoms with E-state index >= 15 is 0 Å². The van der Waals surface area contributed by atoms with Crippen LogP contribution in [0.1, 0.15) is 0 Å². The van der Waals surface area contributed by atoms with Crippen LogP contribution >= 0.6 is 0 Å². The highest BCUT2D eigenvalue weighted by Gasteiger charge is 2.10. The zero-order valence-electron chi connectivity index (χ0n) is 11.4. The van der Waals surface area contributed by atoms with Crippen LogP contribution in [0.15, 0.2) is 0 Å². The molecule has 0 atom stereocenters. The summed E-state index contributed by atoms with van der Waals surface area (Å²) in [5.74, 6) is -0.752. The van der Waals surface area contributed by atoms with Gasteiger partial charge < -0.3 is 10.1 Å². The van der Waals surface area contributed by atoms with E-state index < -0.39 is 20.2 Å². The molecule has 0 aromatic carbocycles. The molecule has 0 unspecified atom stereocenters. The Bertz CT molecular complexity index is 449. The van der Waals surface area contributed by atoms with E-state index in [1.165, 1.54) is 7.11 Å². The smallest absolute Gasteiger partial charge is 0.266 e. The first kappa shape index (κ1) is 19.7. The monoisotopic (exact) mass is 334 g/mol. The number of nitrogens with one attached hydrogen (secondary N) is 1. The van der Waals surface area contributed by atoms with E-state index in [1.807, 2.05) is 0 Å². The average Bonchev–Trinajstić information content (AvgIpc) is 2.28. The molecular weight excluding hydrogens is 312 g/mol. The van der Waals surface area contributed by atoms with Crippen molar-refractivity contribution in [3.05, 3.63) is 0 Å². The van der Waals surface area contributed by atoms with E-state index in [4.69, 9.17) is 13.8 Å². The summed E-state index contributed by atoms with van der Waals surface area (Å²) in [6.45, 7) is 2.05. The van der Waals surface area contributed by atoms with Crippen LogP contribution in [-0.2, 0) is 25.0 Å². The quantitative estimate of drug-likeness (QED) is 0.282. The van der Waals surface area contributed by atoms with Crippen molar-refractivity contribution in [2.24, 2.45) is 0 Å². The van der Waals surface area contributed by atoms with Gasteiger partial charge in [-0.2, -0.15) is 16.8 Å². The van der Waals surface area contributed by atoms with Crippen molar-refractivity contribution in [3.63, 3.8) is 0 Å².